The van der Waals surface area contributed by atoms with E-state index in [2.05, 4.69) is 0 Å². The number of aryl methyl sites for hydroxylation is 1. The molecule has 1 unspecified atom stereocenters. The fraction of sp³-hybridized carbons (Fsp3) is 0.500. The highest BCUT2D eigenvalue weighted by atomic mass is 32.2. The van der Waals surface area contributed by atoms with Crippen molar-refractivity contribution in [3.8, 4) is 0 Å². The normalized spacial score (nSPS) is 20.4. The van der Waals surface area contributed by atoms with Crippen molar-refractivity contribution in [2.75, 3.05) is 6.54 Å². The Hall–Kier alpha value is -1.47. The Labute approximate surface area is 123 Å². The molecule has 116 valence electrons. The number of benzene rings is 1. The van der Waals surface area contributed by atoms with Gasteiger partial charge in [0.1, 0.15) is 5.82 Å². The summed E-state index contributed by atoms with van der Waals surface area (Å²) in [6, 6.07) is 1.96. The van der Waals surface area contributed by atoms with Crippen LogP contribution in [0, 0.1) is 12.7 Å². The molecule has 0 aliphatic carbocycles. The Morgan fingerprint density at radius 2 is 2.05 bits per heavy atom. The van der Waals surface area contributed by atoms with Crippen LogP contribution in [-0.2, 0) is 10.0 Å². The van der Waals surface area contributed by atoms with E-state index in [1.54, 1.807) is 0 Å². The van der Waals surface area contributed by atoms with Gasteiger partial charge in [0.25, 0.3) is 0 Å². The van der Waals surface area contributed by atoms with Crippen LogP contribution in [0.5, 0.6) is 0 Å². The van der Waals surface area contributed by atoms with Crippen molar-refractivity contribution in [1.82, 2.24) is 4.31 Å². The second-order valence-electron chi connectivity index (χ2n) is 5.37. The van der Waals surface area contributed by atoms with Gasteiger partial charge in [0.2, 0.25) is 10.0 Å². The van der Waals surface area contributed by atoms with E-state index in [9.17, 15) is 17.6 Å². The van der Waals surface area contributed by atoms with Crippen molar-refractivity contribution in [2.24, 2.45) is 0 Å². The monoisotopic (exact) mass is 315 g/mol. The van der Waals surface area contributed by atoms with Crippen molar-refractivity contribution >= 4 is 16.0 Å². The Bertz CT molecular complexity index is 672. The lowest BCUT2D eigenvalue weighted by Crippen LogP contribution is -2.42. The molecule has 0 saturated carbocycles. The minimum absolute atomic E-state index is 0.0122. The van der Waals surface area contributed by atoms with Crippen LogP contribution in [0.15, 0.2) is 17.0 Å². The minimum atomic E-state index is -3.80. The highest BCUT2D eigenvalue weighted by Gasteiger charge is 2.32. The molecule has 0 radical (unpaired) electrons. The number of sulfonamides is 1. The first kappa shape index (κ1) is 15.9. The van der Waals surface area contributed by atoms with Gasteiger partial charge in [-0.05, 0) is 44.4 Å². The van der Waals surface area contributed by atoms with Crippen LogP contribution in [0.25, 0.3) is 0 Å². The van der Waals surface area contributed by atoms with Gasteiger partial charge in [0, 0.05) is 12.6 Å². The van der Waals surface area contributed by atoms with E-state index in [-0.39, 0.29) is 16.5 Å². The number of rotatable bonds is 3. The van der Waals surface area contributed by atoms with Gasteiger partial charge >= 0.3 is 5.97 Å². The zero-order chi connectivity index (χ0) is 15.8. The standard InChI is InChI=1S/C14H18FNO4S/c1-9-7-11(8-12(13(9)15)14(17)18)21(19,20)16-6-4-3-5-10(16)2/h7-8,10H,3-6H2,1-2H3,(H,17,18). The first-order chi connectivity index (χ1) is 9.75. The molecular weight excluding hydrogens is 297 g/mol. The number of hydrogen-bond acceptors (Lipinski definition) is 3. The number of piperidine rings is 1. The molecular formula is C14H18FNO4S. The highest BCUT2D eigenvalue weighted by molar-refractivity contribution is 7.89. The number of aromatic carboxylic acids is 1. The van der Waals surface area contributed by atoms with Gasteiger partial charge in [-0.25, -0.2) is 17.6 Å². The predicted octanol–water partition coefficient (Wildman–Crippen LogP) is 2.40. The second-order valence-corrected chi connectivity index (χ2v) is 7.26. The fourth-order valence-electron chi connectivity index (χ4n) is 2.61. The summed E-state index contributed by atoms with van der Waals surface area (Å²) in [6.45, 7) is 3.59. The quantitative estimate of drug-likeness (QED) is 0.929. The molecule has 1 atom stereocenters. The molecule has 2 rings (SSSR count). The third-order valence-electron chi connectivity index (χ3n) is 3.81. The third kappa shape index (κ3) is 2.94. The predicted molar refractivity (Wildman–Crippen MR) is 75.3 cm³/mol. The zero-order valence-electron chi connectivity index (χ0n) is 12.0. The molecule has 1 aromatic rings. The third-order valence-corrected chi connectivity index (χ3v) is 5.80. The maximum absolute atomic E-state index is 13.8. The molecule has 0 spiro atoms. The van der Waals surface area contributed by atoms with Crippen LogP contribution in [0.3, 0.4) is 0 Å². The lowest BCUT2D eigenvalue weighted by molar-refractivity contribution is 0.0691. The first-order valence-corrected chi connectivity index (χ1v) is 8.24. The topological polar surface area (TPSA) is 74.7 Å². The number of carboxylic acid groups (broad SMARTS) is 1. The van der Waals surface area contributed by atoms with Crippen molar-refractivity contribution in [1.29, 1.82) is 0 Å². The summed E-state index contributed by atoms with van der Waals surface area (Å²) >= 11 is 0. The summed E-state index contributed by atoms with van der Waals surface area (Å²) in [7, 11) is -3.80. The van der Waals surface area contributed by atoms with Gasteiger partial charge < -0.3 is 5.11 Å². The molecule has 21 heavy (non-hydrogen) atoms. The van der Waals surface area contributed by atoms with Gasteiger partial charge in [0.05, 0.1) is 10.5 Å². The number of carboxylic acids is 1. The number of carbonyl (C=O) groups is 1. The van der Waals surface area contributed by atoms with E-state index in [0.717, 1.165) is 25.3 Å². The van der Waals surface area contributed by atoms with E-state index in [0.29, 0.717) is 6.54 Å². The summed E-state index contributed by atoms with van der Waals surface area (Å²) < 4.78 is 40.4. The first-order valence-electron chi connectivity index (χ1n) is 6.80. The minimum Gasteiger partial charge on any atom is -0.478 e. The summed E-state index contributed by atoms with van der Waals surface area (Å²) in [6.07, 6.45) is 2.51. The Morgan fingerprint density at radius 1 is 1.38 bits per heavy atom. The molecule has 1 heterocycles. The molecule has 1 N–H and O–H groups in total. The van der Waals surface area contributed by atoms with Crippen LogP contribution in [0.1, 0.15) is 42.1 Å². The van der Waals surface area contributed by atoms with Gasteiger partial charge in [-0.3, -0.25) is 0 Å². The zero-order valence-corrected chi connectivity index (χ0v) is 12.8. The maximum atomic E-state index is 13.8. The van der Waals surface area contributed by atoms with Crippen LogP contribution in [0.2, 0.25) is 0 Å². The second kappa shape index (κ2) is 5.73. The number of nitrogens with zero attached hydrogens (tertiary/aromatic N) is 1. The van der Waals surface area contributed by atoms with E-state index < -0.39 is 27.4 Å². The van der Waals surface area contributed by atoms with E-state index >= 15 is 0 Å². The van der Waals surface area contributed by atoms with Crippen molar-refractivity contribution < 1.29 is 22.7 Å². The molecule has 1 aliphatic heterocycles. The Balaban J connectivity index is 2.52. The van der Waals surface area contributed by atoms with E-state index in [4.69, 9.17) is 5.11 Å². The largest absolute Gasteiger partial charge is 0.478 e. The molecule has 0 amide bonds. The smallest absolute Gasteiger partial charge is 0.338 e. The highest BCUT2D eigenvalue weighted by Crippen LogP contribution is 2.27. The number of hydrogen-bond donors (Lipinski definition) is 1. The van der Waals surface area contributed by atoms with Crippen LogP contribution in [0.4, 0.5) is 4.39 Å². The van der Waals surface area contributed by atoms with Crippen molar-refractivity contribution in [2.45, 2.75) is 44.0 Å². The molecule has 0 aromatic heterocycles. The SMILES string of the molecule is Cc1cc(S(=O)(=O)N2CCCCC2C)cc(C(=O)O)c1F. The van der Waals surface area contributed by atoms with Crippen LogP contribution in [-0.4, -0.2) is 36.4 Å². The van der Waals surface area contributed by atoms with Gasteiger partial charge in [-0.1, -0.05) is 6.42 Å². The summed E-state index contributed by atoms with van der Waals surface area (Å²) in [5.74, 6) is -2.37. The Morgan fingerprint density at radius 3 is 2.62 bits per heavy atom. The van der Waals surface area contributed by atoms with E-state index in [1.807, 2.05) is 6.92 Å². The summed E-state index contributed by atoms with van der Waals surface area (Å²) in [4.78, 5) is 10.9. The van der Waals surface area contributed by atoms with E-state index in [1.165, 1.54) is 17.3 Å². The molecule has 5 nitrogen and oxygen atoms in total. The fourth-order valence-corrected chi connectivity index (χ4v) is 4.42. The van der Waals surface area contributed by atoms with Gasteiger partial charge in [-0.2, -0.15) is 4.31 Å². The molecule has 0 bridgehead atoms. The van der Waals surface area contributed by atoms with Crippen molar-refractivity contribution in [3.63, 3.8) is 0 Å². The average Bonchev–Trinajstić information content (AvgIpc) is 2.41. The lowest BCUT2D eigenvalue weighted by atomic mass is 10.1. The number of halogens is 1. The summed E-state index contributed by atoms with van der Waals surface area (Å²) in [5.41, 5.74) is -0.601. The van der Waals surface area contributed by atoms with Crippen LogP contribution >= 0.6 is 0 Å². The maximum Gasteiger partial charge on any atom is 0.338 e. The molecule has 7 heteroatoms. The molecule has 1 fully saturated rings. The Kier molecular flexibility index (Phi) is 4.34. The van der Waals surface area contributed by atoms with Gasteiger partial charge in [0.15, 0.2) is 0 Å². The average molecular weight is 315 g/mol. The molecule has 1 aromatic carbocycles. The van der Waals surface area contributed by atoms with Crippen molar-refractivity contribution in [3.05, 3.63) is 29.1 Å². The molecule has 1 aliphatic rings. The van der Waals surface area contributed by atoms with Gasteiger partial charge in [-0.15, -0.1) is 0 Å². The summed E-state index contributed by atoms with van der Waals surface area (Å²) in [5, 5.41) is 8.99. The lowest BCUT2D eigenvalue weighted by Gasteiger charge is -2.32. The molecule has 1 saturated heterocycles. The van der Waals surface area contributed by atoms with Crippen LogP contribution < -0.4 is 0 Å².